The van der Waals surface area contributed by atoms with Crippen LogP contribution in [0.1, 0.15) is 31.2 Å². The van der Waals surface area contributed by atoms with E-state index >= 15 is 0 Å². The predicted octanol–water partition coefficient (Wildman–Crippen LogP) is 3.28. The summed E-state index contributed by atoms with van der Waals surface area (Å²) in [5.74, 6) is 0.569. The van der Waals surface area contributed by atoms with Gasteiger partial charge in [-0.2, -0.15) is 5.10 Å². The van der Waals surface area contributed by atoms with Crippen LogP contribution >= 0.6 is 0 Å². The van der Waals surface area contributed by atoms with Crippen LogP contribution < -0.4 is 0 Å². The molecule has 1 aliphatic heterocycles. The summed E-state index contributed by atoms with van der Waals surface area (Å²) in [5, 5.41) is 4.14. The van der Waals surface area contributed by atoms with Gasteiger partial charge in [-0.05, 0) is 55.4 Å². The fourth-order valence-corrected chi connectivity index (χ4v) is 3.35. The van der Waals surface area contributed by atoms with Crippen molar-refractivity contribution in [1.82, 2.24) is 14.7 Å². The largest absolute Gasteiger partial charge is 0.342 e. The zero-order valence-electron chi connectivity index (χ0n) is 13.9. The number of aromatic nitrogens is 2. The van der Waals surface area contributed by atoms with Gasteiger partial charge in [-0.25, -0.2) is 4.39 Å². The Labute approximate surface area is 142 Å². The standard InChI is InChI=1S/C19H24FN3O/c20-18-8-6-16(7-9-18)4-5-17-3-1-12-22(15-17)19(24)10-14-23-13-2-11-21-23/h2,6-9,11,13,17H,1,3-5,10,12,14-15H2/t17-/m0/s1. The van der Waals surface area contributed by atoms with E-state index in [4.69, 9.17) is 0 Å². The normalized spacial score (nSPS) is 17.9. The Kier molecular flexibility index (Phi) is 5.62. The Bertz CT molecular complexity index is 639. The second-order valence-electron chi connectivity index (χ2n) is 6.53. The van der Waals surface area contributed by atoms with Gasteiger partial charge in [0, 0.05) is 38.4 Å². The van der Waals surface area contributed by atoms with Crippen LogP contribution in [0.15, 0.2) is 42.7 Å². The molecule has 0 unspecified atom stereocenters. The SMILES string of the molecule is O=C(CCn1cccn1)N1CCC[C@@H](CCc2ccc(F)cc2)C1. The summed E-state index contributed by atoms with van der Waals surface area (Å²) in [6.45, 7) is 2.35. The number of benzene rings is 1. The Balaban J connectivity index is 1.45. The van der Waals surface area contributed by atoms with Crippen molar-refractivity contribution in [1.29, 1.82) is 0 Å². The van der Waals surface area contributed by atoms with Crippen molar-refractivity contribution in [3.05, 3.63) is 54.1 Å². The topological polar surface area (TPSA) is 38.1 Å². The zero-order valence-corrected chi connectivity index (χ0v) is 13.9. The number of hydrogen-bond donors (Lipinski definition) is 0. The maximum absolute atomic E-state index is 12.9. The van der Waals surface area contributed by atoms with Gasteiger partial charge in [0.15, 0.2) is 0 Å². The molecule has 5 heteroatoms. The molecule has 0 bridgehead atoms. The maximum Gasteiger partial charge on any atom is 0.224 e. The molecule has 2 aromatic rings. The molecular weight excluding hydrogens is 305 g/mol. The first-order chi connectivity index (χ1) is 11.7. The highest BCUT2D eigenvalue weighted by Crippen LogP contribution is 2.22. The van der Waals surface area contributed by atoms with Crippen LogP contribution in [-0.4, -0.2) is 33.7 Å². The first kappa shape index (κ1) is 16.7. The number of piperidine rings is 1. The lowest BCUT2D eigenvalue weighted by atomic mass is 9.91. The average molecular weight is 329 g/mol. The summed E-state index contributed by atoms with van der Waals surface area (Å²) >= 11 is 0. The van der Waals surface area contributed by atoms with Gasteiger partial charge in [-0.3, -0.25) is 9.48 Å². The maximum atomic E-state index is 12.9. The third kappa shape index (κ3) is 4.66. The predicted molar refractivity (Wildman–Crippen MR) is 90.9 cm³/mol. The Morgan fingerprint density at radius 2 is 2.12 bits per heavy atom. The van der Waals surface area contributed by atoms with E-state index in [9.17, 15) is 9.18 Å². The van der Waals surface area contributed by atoms with E-state index in [1.165, 1.54) is 24.1 Å². The molecule has 1 aromatic heterocycles. The van der Waals surface area contributed by atoms with Gasteiger partial charge in [0.25, 0.3) is 0 Å². The van der Waals surface area contributed by atoms with E-state index in [0.29, 0.717) is 18.9 Å². The molecule has 0 N–H and O–H groups in total. The van der Waals surface area contributed by atoms with Crippen LogP contribution in [0, 0.1) is 11.7 Å². The molecule has 0 aliphatic carbocycles. The van der Waals surface area contributed by atoms with E-state index in [1.54, 1.807) is 10.9 Å². The molecule has 24 heavy (non-hydrogen) atoms. The molecule has 1 aliphatic rings. The molecule has 0 spiro atoms. The van der Waals surface area contributed by atoms with Crippen molar-refractivity contribution in [3.8, 4) is 0 Å². The highest BCUT2D eigenvalue weighted by molar-refractivity contribution is 5.76. The third-order valence-electron chi connectivity index (χ3n) is 4.74. The summed E-state index contributed by atoms with van der Waals surface area (Å²) < 4.78 is 14.7. The second-order valence-corrected chi connectivity index (χ2v) is 6.53. The minimum atomic E-state index is -0.189. The molecule has 128 valence electrons. The quantitative estimate of drug-likeness (QED) is 0.816. The molecule has 1 amide bonds. The number of rotatable bonds is 6. The summed E-state index contributed by atoms with van der Waals surface area (Å²) in [6.07, 6.45) is 8.36. The molecule has 1 atom stereocenters. The van der Waals surface area contributed by atoms with E-state index in [1.807, 2.05) is 29.3 Å². The van der Waals surface area contributed by atoms with Crippen molar-refractivity contribution in [2.75, 3.05) is 13.1 Å². The van der Waals surface area contributed by atoms with Gasteiger partial charge >= 0.3 is 0 Å². The molecule has 1 saturated heterocycles. The van der Waals surface area contributed by atoms with Gasteiger partial charge in [-0.1, -0.05) is 12.1 Å². The van der Waals surface area contributed by atoms with E-state index < -0.39 is 0 Å². The number of hydrogen-bond acceptors (Lipinski definition) is 2. The summed E-state index contributed by atoms with van der Waals surface area (Å²) in [6, 6.07) is 8.61. The minimum Gasteiger partial charge on any atom is -0.342 e. The Hall–Kier alpha value is -2.17. The van der Waals surface area contributed by atoms with Gasteiger partial charge in [0.05, 0.1) is 0 Å². The molecule has 0 saturated carbocycles. The molecule has 0 radical (unpaired) electrons. The highest BCUT2D eigenvalue weighted by atomic mass is 19.1. The first-order valence-corrected chi connectivity index (χ1v) is 8.70. The number of likely N-dealkylation sites (tertiary alicyclic amines) is 1. The van der Waals surface area contributed by atoms with Crippen molar-refractivity contribution in [2.45, 2.75) is 38.6 Å². The van der Waals surface area contributed by atoms with Crippen LogP contribution in [0.25, 0.3) is 0 Å². The van der Waals surface area contributed by atoms with E-state index in [-0.39, 0.29) is 11.7 Å². The molecule has 4 nitrogen and oxygen atoms in total. The minimum absolute atomic E-state index is 0.189. The molecule has 3 rings (SSSR count). The fourth-order valence-electron chi connectivity index (χ4n) is 3.35. The Morgan fingerprint density at radius 1 is 1.29 bits per heavy atom. The van der Waals surface area contributed by atoms with Gasteiger partial charge in [0.2, 0.25) is 5.91 Å². The lowest BCUT2D eigenvalue weighted by Gasteiger charge is -2.33. The van der Waals surface area contributed by atoms with Crippen LogP contribution in [0.2, 0.25) is 0 Å². The number of halogens is 1. The van der Waals surface area contributed by atoms with Crippen LogP contribution in [0.5, 0.6) is 0 Å². The lowest BCUT2D eigenvalue weighted by Crippen LogP contribution is -2.40. The second kappa shape index (κ2) is 8.08. The number of carbonyl (C=O) groups excluding carboxylic acids is 1. The average Bonchev–Trinajstić information content (AvgIpc) is 3.13. The van der Waals surface area contributed by atoms with Crippen molar-refractivity contribution in [3.63, 3.8) is 0 Å². The number of amides is 1. The summed E-state index contributed by atoms with van der Waals surface area (Å²) in [5.41, 5.74) is 1.17. The number of nitrogens with zero attached hydrogens (tertiary/aromatic N) is 3. The van der Waals surface area contributed by atoms with Gasteiger partial charge < -0.3 is 4.90 Å². The third-order valence-corrected chi connectivity index (χ3v) is 4.74. The Morgan fingerprint density at radius 3 is 2.88 bits per heavy atom. The molecule has 1 aromatic carbocycles. The van der Waals surface area contributed by atoms with Crippen molar-refractivity contribution in [2.24, 2.45) is 5.92 Å². The first-order valence-electron chi connectivity index (χ1n) is 8.70. The molecular formula is C19H24FN3O. The van der Waals surface area contributed by atoms with Crippen LogP contribution in [0.4, 0.5) is 4.39 Å². The number of aryl methyl sites for hydroxylation is 2. The summed E-state index contributed by atoms with van der Waals surface area (Å²) in [7, 11) is 0. The van der Waals surface area contributed by atoms with Crippen LogP contribution in [-0.2, 0) is 17.8 Å². The zero-order chi connectivity index (χ0) is 16.8. The monoisotopic (exact) mass is 329 g/mol. The van der Waals surface area contributed by atoms with E-state index in [0.717, 1.165) is 32.4 Å². The lowest BCUT2D eigenvalue weighted by molar-refractivity contribution is -0.133. The van der Waals surface area contributed by atoms with E-state index in [2.05, 4.69) is 5.10 Å². The molecule has 1 fully saturated rings. The van der Waals surface area contributed by atoms with Crippen LogP contribution in [0.3, 0.4) is 0 Å². The van der Waals surface area contributed by atoms with Gasteiger partial charge in [0.1, 0.15) is 5.82 Å². The fraction of sp³-hybridized carbons (Fsp3) is 0.474. The summed E-state index contributed by atoms with van der Waals surface area (Å²) in [4.78, 5) is 14.4. The van der Waals surface area contributed by atoms with Crippen molar-refractivity contribution < 1.29 is 9.18 Å². The molecule has 2 heterocycles. The van der Waals surface area contributed by atoms with Crippen molar-refractivity contribution >= 4 is 5.91 Å². The van der Waals surface area contributed by atoms with Gasteiger partial charge in [-0.15, -0.1) is 0 Å². The highest BCUT2D eigenvalue weighted by Gasteiger charge is 2.23. The smallest absolute Gasteiger partial charge is 0.224 e. The number of carbonyl (C=O) groups is 1.